The molecule has 1 atom stereocenters. The second kappa shape index (κ2) is 10.5. The van der Waals surface area contributed by atoms with E-state index in [2.05, 4.69) is 28.1 Å². The van der Waals surface area contributed by atoms with Crippen LogP contribution < -0.4 is 15.4 Å². The van der Waals surface area contributed by atoms with E-state index in [9.17, 15) is 14.4 Å². The molecule has 0 amide bonds. The first-order chi connectivity index (χ1) is 18.3. The Bertz CT molecular complexity index is 1520. The number of rotatable bonds is 5. The number of ketones is 1. The molecule has 1 unspecified atom stereocenters. The third-order valence-corrected chi connectivity index (χ3v) is 7.75. The summed E-state index contributed by atoms with van der Waals surface area (Å²) in [5, 5.41) is 10.3. The van der Waals surface area contributed by atoms with E-state index in [0.29, 0.717) is 42.7 Å². The van der Waals surface area contributed by atoms with E-state index in [-0.39, 0.29) is 17.4 Å². The minimum Gasteiger partial charge on any atom is -0.489 e. The average Bonchev–Trinajstić information content (AvgIpc) is 2.90. The molecule has 1 aliphatic carbocycles. The summed E-state index contributed by atoms with van der Waals surface area (Å²) < 4.78 is 20.7. The quantitative estimate of drug-likeness (QED) is 0.353. The zero-order valence-electron chi connectivity index (χ0n) is 21.2. The van der Waals surface area contributed by atoms with E-state index in [1.165, 1.54) is 12.1 Å². The van der Waals surface area contributed by atoms with E-state index < -0.39 is 5.92 Å². The number of nitrogens with two attached hydrogens (primary N) is 1. The van der Waals surface area contributed by atoms with Gasteiger partial charge in [0.2, 0.25) is 0 Å². The van der Waals surface area contributed by atoms with E-state index in [1.807, 2.05) is 44.2 Å². The van der Waals surface area contributed by atoms with Crippen LogP contribution in [0.25, 0.3) is 0 Å². The van der Waals surface area contributed by atoms with Crippen LogP contribution in [0.1, 0.15) is 47.4 Å². The molecule has 0 radical (unpaired) electrons. The number of halogens is 2. The third kappa shape index (κ3) is 4.72. The topological polar surface area (TPSA) is 79.3 Å². The van der Waals surface area contributed by atoms with Crippen LogP contribution >= 0.6 is 15.9 Å². The molecule has 0 saturated heterocycles. The van der Waals surface area contributed by atoms with Crippen molar-refractivity contribution in [2.75, 3.05) is 4.90 Å². The van der Waals surface area contributed by atoms with Gasteiger partial charge in [-0.1, -0.05) is 33.6 Å². The average molecular weight is 572 g/mol. The van der Waals surface area contributed by atoms with Gasteiger partial charge in [0.15, 0.2) is 5.78 Å². The number of Topliss-reactive ketones (excluding diaryl/α,β-unsaturated/α-hetero) is 1. The molecule has 5 rings (SSSR count). The highest BCUT2D eigenvalue weighted by molar-refractivity contribution is 9.10. The van der Waals surface area contributed by atoms with E-state index in [0.717, 1.165) is 38.2 Å². The predicted octanol–water partition coefficient (Wildman–Crippen LogP) is 7.09. The summed E-state index contributed by atoms with van der Waals surface area (Å²) in [6.45, 7) is 4.34. The maximum absolute atomic E-state index is 13.7. The first-order valence-corrected chi connectivity index (χ1v) is 13.3. The Morgan fingerprint density at radius 1 is 1.11 bits per heavy atom. The van der Waals surface area contributed by atoms with Crippen molar-refractivity contribution in [3.8, 4) is 11.8 Å². The minimum absolute atomic E-state index is 0.0113. The molecule has 0 saturated carbocycles. The molecule has 0 fully saturated rings. The summed E-state index contributed by atoms with van der Waals surface area (Å²) in [6.07, 6.45) is 1.74. The Labute approximate surface area is 230 Å². The highest BCUT2D eigenvalue weighted by Gasteiger charge is 2.41. The fourth-order valence-corrected chi connectivity index (χ4v) is 5.65. The molecule has 3 aromatic carbocycles. The monoisotopic (exact) mass is 571 g/mol. The van der Waals surface area contributed by atoms with Crippen molar-refractivity contribution in [2.45, 2.75) is 45.6 Å². The van der Waals surface area contributed by atoms with Crippen LogP contribution in [0.3, 0.4) is 0 Å². The van der Waals surface area contributed by atoms with Gasteiger partial charge in [-0.3, -0.25) is 9.69 Å². The maximum Gasteiger partial charge on any atom is 0.161 e. The predicted molar refractivity (Wildman–Crippen MR) is 149 cm³/mol. The number of carbonyl (C=O) groups is 1. The van der Waals surface area contributed by atoms with Gasteiger partial charge in [-0.25, -0.2) is 4.39 Å². The summed E-state index contributed by atoms with van der Waals surface area (Å²) in [5.74, 6) is 0.0839. The van der Waals surface area contributed by atoms with Crippen LogP contribution in [0.4, 0.5) is 10.1 Å². The molecule has 5 nitrogen and oxygen atoms in total. The van der Waals surface area contributed by atoms with Crippen LogP contribution in [0.5, 0.6) is 5.75 Å². The summed E-state index contributed by atoms with van der Waals surface area (Å²) in [6, 6.07) is 20.0. The molecule has 38 heavy (non-hydrogen) atoms. The summed E-state index contributed by atoms with van der Waals surface area (Å²) >= 11 is 3.44. The molecular weight excluding hydrogens is 545 g/mol. The first kappa shape index (κ1) is 25.7. The Hall–Kier alpha value is -3.89. The lowest BCUT2D eigenvalue weighted by Crippen LogP contribution is -2.39. The summed E-state index contributed by atoms with van der Waals surface area (Å²) in [5.41, 5.74) is 12.8. The lowest BCUT2D eigenvalue weighted by molar-refractivity contribution is -0.116. The minimum atomic E-state index is -0.578. The van der Waals surface area contributed by atoms with Gasteiger partial charge in [0.1, 0.15) is 24.0 Å². The number of benzene rings is 3. The normalized spacial score (nSPS) is 17.4. The number of hydrogen-bond acceptors (Lipinski definition) is 5. The van der Waals surface area contributed by atoms with Gasteiger partial charge in [0.05, 0.1) is 17.6 Å². The van der Waals surface area contributed by atoms with Gasteiger partial charge in [-0.05, 0) is 91.9 Å². The zero-order chi connectivity index (χ0) is 27.0. The zero-order valence-corrected chi connectivity index (χ0v) is 22.8. The fourth-order valence-electron chi connectivity index (χ4n) is 5.39. The van der Waals surface area contributed by atoms with Crippen LogP contribution in [0, 0.1) is 31.0 Å². The van der Waals surface area contributed by atoms with Gasteiger partial charge in [-0.15, -0.1) is 0 Å². The number of carbonyl (C=O) groups excluding carboxylic acids is 1. The number of nitriles is 1. The summed E-state index contributed by atoms with van der Waals surface area (Å²) in [4.78, 5) is 15.2. The molecule has 7 heteroatoms. The highest BCUT2D eigenvalue weighted by atomic mass is 79.9. The third-order valence-electron chi connectivity index (χ3n) is 7.22. The largest absolute Gasteiger partial charge is 0.489 e. The van der Waals surface area contributed by atoms with Crippen molar-refractivity contribution in [1.29, 1.82) is 5.26 Å². The van der Waals surface area contributed by atoms with Gasteiger partial charge in [0.25, 0.3) is 0 Å². The Morgan fingerprint density at radius 2 is 1.82 bits per heavy atom. The lowest BCUT2D eigenvalue weighted by atomic mass is 9.73. The van der Waals surface area contributed by atoms with Crippen LogP contribution in [0.15, 0.2) is 87.8 Å². The Balaban J connectivity index is 1.62. The molecule has 1 aliphatic heterocycles. The summed E-state index contributed by atoms with van der Waals surface area (Å²) in [7, 11) is 0. The van der Waals surface area contributed by atoms with Crippen molar-refractivity contribution in [3.05, 3.63) is 116 Å². The number of allylic oxidation sites excluding steroid dienone is 3. The lowest BCUT2D eigenvalue weighted by Gasteiger charge is -2.40. The van der Waals surface area contributed by atoms with Gasteiger partial charge < -0.3 is 10.5 Å². The van der Waals surface area contributed by atoms with Crippen molar-refractivity contribution in [1.82, 2.24) is 0 Å². The van der Waals surface area contributed by atoms with Gasteiger partial charge in [0, 0.05) is 27.9 Å². The van der Waals surface area contributed by atoms with Crippen molar-refractivity contribution in [2.24, 2.45) is 5.73 Å². The second-order valence-electron chi connectivity index (χ2n) is 9.67. The number of aryl methyl sites for hydroxylation is 1. The van der Waals surface area contributed by atoms with Crippen LogP contribution in [-0.4, -0.2) is 5.78 Å². The van der Waals surface area contributed by atoms with Gasteiger partial charge >= 0.3 is 0 Å². The SMILES string of the molecule is Cc1cc(COc2ccc(Br)cc2)c(C)c(C2C(C#N)=C(N)N(c3ccc(F)cc3)C3=C2C(=O)CCC3)c1. The van der Waals surface area contributed by atoms with Gasteiger partial charge in [-0.2, -0.15) is 5.26 Å². The van der Waals surface area contributed by atoms with E-state index in [1.54, 1.807) is 17.0 Å². The van der Waals surface area contributed by atoms with Crippen LogP contribution in [-0.2, 0) is 11.4 Å². The first-order valence-electron chi connectivity index (χ1n) is 12.5. The van der Waals surface area contributed by atoms with E-state index >= 15 is 0 Å². The molecule has 0 spiro atoms. The molecule has 3 aromatic rings. The van der Waals surface area contributed by atoms with Crippen molar-refractivity contribution >= 4 is 27.4 Å². The molecule has 2 aliphatic rings. The standard InChI is InChI=1S/C31H27BrFN3O2/c1-18-14-20(17-38-24-12-6-21(32)7-13-24)19(2)25(15-18)29-26(16-34)31(35)36(23-10-8-22(33)9-11-23)27-4-3-5-28(37)30(27)29/h6-15,29H,3-5,17,35H2,1-2H3. The van der Waals surface area contributed by atoms with Crippen molar-refractivity contribution < 1.29 is 13.9 Å². The number of anilines is 1. The number of hydrogen-bond donors (Lipinski definition) is 1. The Morgan fingerprint density at radius 3 is 2.50 bits per heavy atom. The Kier molecular flexibility index (Phi) is 7.09. The smallest absolute Gasteiger partial charge is 0.161 e. The van der Waals surface area contributed by atoms with Crippen molar-refractivity contribution in [3.63, 3.8) is 0 Å². The number of ether oxygens (including phenoxy) is 1. The molecule has 0 bridgehead atoms. The second-order valence-corrected chi connectivity index (χ2v) is 10.6. The molecule has 0 aromatic heterocycles. The maximum atomic E-state index is 13.7. The highest BCUT2D eigenvalue weighted by Crippen LogP contribution is 2.47. The number of nitrogens with zero attached hydrogens (tertiary/aromatic N) is 2. The van der Waals surface area contributed by atoms with Crippen LogP contribution in [0.2, 0.25) is 0 Å². The molecule has 192 valence electrons. The molecular formula is C31H27BrFN3O2. The molecule has 2 N–H and O–H groups in total. The van der Waals surface area contributed by atoms with E-state index in [4.69, 9.17) is 10.5 Å². The molecule has 1 heterocycles. The fraction of sp³-hybridized carbons (Fsp3) is 0.226.